The van der Waals surface area contributed by atoms with Gasteiger partial charge in [-0.1, -0.05) is 26.0 Å². The number of carboxylic acids is 2. The Bertz CT molecular complexity index is 893. The smallest absolute Gasteiger partial charge is 0.327 e. The van der Waals surface area contributed by atoms with Crippen LogP contribution in [0.4, 0.5) is 0 Å². The molecule has 1 aromatic carbocycles. The summed E-state index contributed by atoms with van der Waals surface area (Å²) in [6, 6.07) is 0.775. The zero-order valence-corrected chi connectivity index (χ0v) is 19.6. The summed E-state index contributed by atoms with van der Waals surface area (Å²) in [6.07, 6.45) is -0.682. The van der Waals surface area contributed by atoms with E-state index < -0.39 is 66.2 Å². The van der Waals surface area contributed by atoms with Crippen LogP contribution in [-0.4, -0.2) is 74.9 Å². The van der Waals surface area contributed by atoms with Gasteiger partial charge in [-0.25, -0.2) is 4.79 Å². The van der Waals surface area contributed by atoms with Gasteiger partial charge in [-0.2, -0.15) is 12.6 Å². The van der Waals surface area contributed by atoms with Crippen molar-refractivity contribution in [1.29, 1.82) is 0 Å². The third-order valence-electron chi connectivity index (χ3n) is 4.78. The van der Waals surface area contributed by atoms with Crippen LogP contribution in [0.15, 0.2) is 24.3 Å². The van der Waals surface area contributed by atoms with E-state index in [2.05, 4.69) is 28.6 Å². The summed E-state index contributed by atoms with van der Waals surface area (Å²) in [5.41, 5.74) is 6.12. The summed E-state index contributed by atoms with van der Waals surface area (Å²) in [7, 11) is 0. The Morgan fingerprint density at radius 3 is 1.94 bits per heavy atom. The van der Waals surface area contributed by atoms with Gasteiger partial charge in [0.05, 0.1) is 12.5 Å². The molecule has 0 aliphatic rings. The van der Waals surface area contributed by atoms with Gasteiger partial charge in [0, 0.05) is 12.2 Å². The Labute approximate surface area is 201 Å². The SMILES string of the molecule is CC(C)C(NC(=O)C(N)CC(=O)O)C(=O)NC(Cc1ccc(O)cc1)C(=O)NC(CS)C(=O)O. The van der Waals surface area contributed by atoms with E-state index >= 15 is 0 Å². The number of benzene rings is 1. The molecule has 0 aromatic heterocycles. The summed E-state index contributed by atoms with van der Waals surface area (Å²) in [5.74, 6) is -5.63. The van der Waals surface area contributed by atoms with Crippen LogP contribution in [0.1, 0.15) is 25.8 Å². The number of nitrogens with one attached hydrogen (secondary N) is 3. The number of aliphatic carboxylic acids is 2. The highest BCUT2D eigenvalue weighted by atomic mass is 32.1. The van der Waals surface area contributed by atoms with Crippen molar-refractivity contribution >= 4 is 42.3 Å². The first kappa shape index (κ1) is 28.7. The molecule has 0 saturated heterocycles. The van der Waals surface area contributed by atoms with Crippen molar-refractivity contribution in [3.05, 3.63) is 29.8 Å². The van der Waals surface area contributed by atoms with Crippen LogP contribution >= 0.6 is 12.6 Å². The van der Waals surface area contributed by atoms with E-state index in [4.69, 9.17) is 10.8 Å². The minimum Gasteiger partial charge on any atom is -0.508 e. The van der Waals surface area contributed by atoms with Gasteiger partial charge < -0.3 is 37.0 Å². The minimum atomic E-state index is -1.38. The molecule has 0 heterocycles. The molecule has 3 amide bonds. The quantitative estimate of drug-likeness (QED) is 0.154. The van der Waals surface area contributed by atoms with E-state index in [-0.39, 0.29) is 17.9 Å². The summed E-state index contributed by atoms with van der Waals surface area (Å²) in [6.45, 7) is 3.26. The molecule has 0 fully saturated rings. The monoisotopic (exact) mass is 498 g/mol. The van der Waals surface area contributed by atoms with Crippen molar-refractivity contribution < 1.29 is 39.3 Å². The largest absolute Gasteiger partial charge is 0.508 e. The molecular weight excluding hydrogens is 468 g/mol. The van der Waals surface area contributed by atoms with E-state index in [1.54, 1.807) is 13.8 Å². The van der Waals surface area contributed by atoms with Crippen LogP contribution in [0.3, 0.4) is 0 Å². The number of phenols is 1. The van der Waals surface area contributed by atoms with E-state index in [9.17, 15) is 34.2 Å². The number of thiol groups is 1. The normalized spacial score (nSPS) is 14.4. The topological polar surface area (TPSA) is 208 Å². The van der Waals surface area contributed by atoms with E-state index in [0.717, 1.165) is 0 Å². The average molecular weight is 499 g/mol. The van der Waals surface area contributed by atoms with Crippen LogP contribution < -0.4 is 21.7 Å². The van der Waals surface area contributed by atoms with Crippen LogP contribution in [0.25, 0.3) is 0 Å². The Morgan fingerprint density at radius 1 is 0.912 bits per heavy atom. The highest BCUT2D eigenvalue weighted by molar-refractivity contribution is 7.80. The maximum absolute atomic E-state index is 13.0. The van der Waals surface area contributed by atoms with Crippen molar-refractivity contribution in [2.24, 2.45) is 11.7 Å². The summed E-state index contributed by atoms with van der Waals surface area (Å²) < 4.78 is 0. The molecule has 4 atom stereocenters. The second kappa shape index (κ2) is 13.4. The molecule has 34 heavy (non-hydrogen) atoms. The van der Waals surface area contributed by atoms with Crippen molar-refractivity contribution in [2.45, 2.75) is 50.9 Å². The molecule has 1 rings (SSSR count). The molecule has 188 valence electrons. The predicted molar refractivity (Wildman–Crippen MR) is 124 cm³/mol. The zero-order chi connectivity index (χ0) is 26.0. The van der Waals surface area contributed by atoms with Crippen molar-refractivity contribution in [3.63, 3.8) is 0 Å². The molecule has 1 aromatic rings. The van der Waals surface area contributed by atoms with Crippen LogP contribution in [0.5, 0.6) is 5.75 Å². The Morgan fingerprint density at radius 2 is 1.47 bits per heavy atom. The summed E-state index contributed by atoms with van der Waals surface area (Å²) >= 11 is 3.91. The maximum Gasteiger partial charge on any atom is 0.327 e. The van der Waals surface area contributed by atoms with E-state index in [0.29, 0.717) is 5.56 Å². The standard InChI is InChI=1S/C21H30N4O8S/c1-10(2)17(25-18(29)13(22)8-16(27)28)20(31)23-14(7-11-3-5-12(26)6-4-11)19(30)24-15(9-34)21(32)33/h3-6,10,13-15,17,26,34H,7-9,22H2,1-2H3,(H,23,31)(H,24,30)(H,25,29)(H,27,28)(H,32,33). The number of hydrogen-bond donors (Lipinski definition) is 8. The predicted octanol–water partition coefficient (Wildman–Crippen LogP) is -1.14. The number of aromatic hydroxyl groups is 1. The van der Waals surface area contributed by atoms with Crippen molar-refractivity contribution in [3.8, 4) is 5.75 Å². The van der Waals surface area contributed by atoms with Gasteiger partial charge in [-0.05, 0) is 23.6 Å². The van der Waals surface area contributed by atoms with Gasteiger partial charge in [0.25, 0.3) is 0 Å². The van der Waals surface area contributed by atoms with Crippen molar-refractivity contribution in [2.75, 3.05) is 5.75 Å². The number of carboxylic acid groups (broad SMARTS) is 2. The van der Waals surface area contributed by atoms with Gasteiger partial charge in [-0.15, -0.1) is 0 Å². The summed E-state index contributed by atoms with van der Waals surface area (Å²) in [5, 5.41) is 34.7. The van der Waals surface area contributed by atoms with E-state index in [1.165, 1.54) is 24.3 Å². The molecular formula is C21H30N4O8S. The van der Waals surface area contributed by atoms with Gasteiger partial charge in [0.2, 0.25) is 17.7 Å². The highest BCUT2D eigenvalue weighted by Crippen LogP contribution is 2.12. The fourth-order valence-corrected chi connectivity index (χ4v) is 3.12. The van der Waals surface area contributed by atoms with Crippen LogP contribution in [-0.2, 0) is 30.4 Å². The molecule has 8 N–H and O–H groups in total. The lowest BCUT2D eigenvalue weighted by Gasteiger charge is -2.27. The third kappa shape index (κ3) is 9.27. The number of phenolic OH excluding ortho intramolecular Hbond substituents is 1. The lowest BCUT2D eigenvalue weighted by atomic mass is 10.00. The van der Waals surface area contributed by atoms with Crippen molar-refractivity contribution in [1.82, 2.24) is 16.0 Å². The molecule has 0 saturated carbocycles. The Hall–Kier alpha value is -3.32. The molecule has 13 heteroatoms. The number of carbonyl (C=O) groups is 5. The van der Waals surface area contributed by atoms with E-state index in [1.807, 2.05) is 0 Å². The van der Waals surface area contributed by atoms with Gasteiger partial charge in [-0.3, -0.25) is 19.2 Å². The lowest BCUT2D eigenvalue weighted by molar-refractivity contribution is -0.141. The van der Waals surface area contributed by atoms with Crippen LogP contribution in [0, 0.1) is 5.92 Å². The molecule has 0 aliphatic heterocycles. The zero-order valence-electron chi connectivity index (χ0n) is 18.7. The fraction of sp³-hybridized carbons (Fsp3) is 0.476. The third-order valence-corrected chi connectivity index (χ3v) is 5.15. The van der Waals surface area contributed by atoms with Gasteiger partial charge >= 0.3 is 11.9 Å². The number of nitrogens with two attached hydrogens (primary N) is 1. The Balaban J connectivity index is 3.08. The number of rotatable bonds is 13. The maximum atomic E-state index is 13.0. The molecule has 0 aliphatic carbocycles. The molecule has 0 bridgehead atoms. The first-order valence-corrected chi connectivity index (χ1v) is 11.0. The second-order valence-corrected chi connectivity index (χ2v) is 8.31. The number of hydrogen-bond acceptors (Lipinski definition) is 8. The molecule has 0 spiro atoms. The highest BCUT2D eigenvalue weighted by Gasteiger charge is 2.32. The molecule has 12 nitrogen and oxygen atoms in total. The average Bonchev–Trinajstić information content (AvgIpc) is 2.75. The molecule has 4 unspecified atom stereocenters. The van der Waals surface area contributed by atoms with Gasteiger partial charge in [0.1, 0.15) is 23.9 Å². The first-order chi connectivity index (χ1) is 15.8. The molecule has 0 radical (unpaired) electrons. The fourth-order valence-electron chi connectivity index (χ4n) is 2.87. The Kier molecular flexibility index (Phi) is 11.3. The number of amides is 3. The van der Waals surface area contributed by atoms with Gasteiger partial charge in [0.15, 0.2) is 0 Å². The minimum absolute atomic E-state index is 0.00455. The number of carbonyl (C=O) groups excluding carboxylic acids is 3. The second-order valence-electron chi connectivity index (χ2n) is 7.95. The summed E-state index contributed by atoms with van der Waals surface area (Å²) in [4.78, 5) is 60.1. The lowest BCUT2D eigenvalue weighted by Crippen LogP contribution is -2.59. The van der Waals surface area contributed by atoms with Crippen LogP contribution in [0.2, 0.25) is 0 Å². The first-order valence-electron chi connectivity index (χ1n) is 10.4.